The predicted octanol–water partition coefficient (Wildman–Crippen LogP) is 1.59. The zero-order chi connectivity index (χ0) is 14.0. The minimum Gasteiger partial charge on any atom is -0.332 e. The minimum atomic E-state index is -0.128. The van der Waals surface area contributed by atoms with Crippen LogP contribution in [0.25, 0.3) is 0 Å². The maximum Gasteiger partial charge on any atom is 0.241 e. The first kappa shape index (κ1) is 14.8. The lowest BCUT2D eigenvalue weighted by Crippen LogP contribution is -2.69. The number of nitrogens with two attached hydrogens (primary N) is 1. The van der Waals surface area contributed by atoms with Crippen LogP contribution < -0.4 is 5.73 Å². The molecule has 0 aromatic rings. The second-order valence-corrected chi connectivity index (χ2v) is 6.83. The van der Waals surface area contributed by atoms with E-state index in [2.05, 4.69) is 23.6 Å². The number of nitrogens with zero attached hydrogens (tertiary/aromatic N) is 2. The van der Waals surface area contributed by atoms with Gasteiger partial charge in [0.2, 0.25) is 5.91 Å². The van der Waals surface area contributed by atoms with Crippen LogP contribution >= 0.6 is 0 Å². The van der Waals surface area contributed by atoms with Crippen molar-refractivity contribution in [2.24, 2.45) is 5.73 Å². The summed E-state index contributed by atoms with van der Waals surface area (Å²) >= 11 is 0. The Morgan fingerprint density at radius 3 is 2.32 bits per heavy atom. The average molecular weight is 267 g/mol. The van der Waals surface area contributed by atoms with E-state index < -0.39 is 0 Å². The first-order chi connectivity index (χ1) is 8.97. The highest BCUT2D eigenvalue weighted by molar-refractivity contribution is 5.84. The summed E-state index contributed by atoms with van der Waals surface area (Å²) < 4.78 is 0. The molecule has 1 heterocycles. The van der Waals surface area contributed by atoms with Gasteiger partial charge >= 0.3 is 0 Å². The molecule has 0 aromatic heterocycles. The van der Waals surface area contributed by atoms with Gasteiger partial charge in [0.1, 0.15) is 6.04 Å². The van der Waals surface area contributed by atoms with Crippen molar-refractivity contribution in [3.05, 3.63) is 0 Å². The molecule has 2 rings (SSSR count). The molecular formula is C15H29N3O. The Bertz CT molecular complexity index is 321. The maximum absolute atomic E-state index is 12.8. The standard InChI is InChI=1S/C15H29N3O/c1-15(2)11-17(3)13(10-16)14(19)18(15)12-8-6-4-5-7-9-12/h12-13H,4-11,16H2,1-3H3. The van der Waals surface area contributed by atoms with E-state index in [0.29, 0.717) is 12.6 Å². The second kappa shape index (κ2) is 5.80. The molecule has 0 aromatic carbocycles. The first-order valence-corrected chi connectivity index (χ1v) is 7.71. The highest BCUT2D eigenvalue weighted by Crippen LogP contribution is 2.32. The summed E-state index contributed by atoms with van der Waals surface area (Å²) in [5.41, 5.74) is 5.73. The summed E-state index contributed by atoms with van der Waals surface area (Å²) in [6.45, 7) is 5.73. The third kappa shape index (κ3) is 2.95. The molecule has 0 radical (unpaired) electrons. The first-order valence-electron chi connectivity index (χ1n) is 7.71. The van der Waals surface area contributed by atoms with Crippen LogP contribution in [0.4, 0.5) is 0 Å². The molecule has 2 fully saturated rings. The Hall–Kier alpha value is -0.610. The molecule has 1 aliphatic carbocycles. The molecular weight excluding hydrogens is 238 g/mol. The lowest BCUT2D eigenvalue weighted by Gasteiger charge is -2.52. The van der Waals surface area contributed by atoms with Crippen LogP contribution in [0, 0.1) is 0 Å². The van der Waals surface area contributed by atoms with Gasteiger partial charge in [-0.15, -0.1) is 0 Å². The molecule has 0 spiro atoms. The van der Waals surface area contributed by atoms with E-state index in [1.165, 1.54) is 25.7 Å². The molecule has 1 amide bonds. The molecule has 4 heteroatoms. The van der Waals surface area contributed by atoms with Crippen LogP contribution in [0.15, 0.2) is 0 Å². The Morgan fingerprint density at radius 2 is 1.79 bits per heavy atom. The molecule has 1 saturated heterocycles. The number of piperazine rings is 1. The molecule has 19 heavy (non-hydrogen) atoms. The Labute approximate surface area is 117 Å². The molecule has 1 aliphatic heterocycles. The van der Waals surface area contributed by atoms with Crippen molar-refractivity contribution in [3.63, 3.8) is 0 Å². The number of hydrogen-bond donors (Lipinski definition) is 1. The molecule has 1 unspecified atom stereocenters. The number of amides is 1. The maximum atomic E-state index is 12.8. The summed E-state index contributed by atoms with van der Waals surface area (Å²) in [7, 11) is 2.02. The van der Waals surface area contributed by atoms with Crippen molar-refractivity contribution < 1.29 is 4.79 Å². The van der Waals surface area contributed by atoms with Gasteiger partial charge in [-0.25, -0.2) is 0 Å². The van der Waals surface area contributed by atoms with E-state index in [4.69, 9.17) is 5.73 Å². The number of likely N-dealkylation sites (N-methyl/N-ethyl adjacent to an activating group) is 1. The fraction of sp³-hybridized carbons (Fsp3) is 0.933. The fourth-order valence-electron chi connectivity index (χ4n) is 3.92. The summed E-state index contributed by atoms with van der Waals surface area (Å²) in [5, 5.41) is 0. The van der Waals surface area contributed by atoms with Gasteiger partial charge in [-0.1, -0.05) is 25.7 Å². The summed E-state index contributed by atoms with van der Waals surface area (Å²) in [5.74, 6) is 0.244. The normalized spacial score (nSPS) is 30.4. The highest BCUT2D eigenvalue weighted by atomic mass is 16.2. The van der Waals surface area contributed by atoms with E-state index in [1.54, 1.807) is 0 Å². The van der Waals surface area contributed by atoms with Crippen molar-refractivity contribution in [1.82, 2.24) is 9.80 Å². The lowest BCUT2D eigenvalue weighted by atomic mass is 9.90. The summed E-state index contributed by atoms with van der Waals surface area (Å²) in [6.07, 6.45) is 7.48. The molecule has 1 atom stereocenters. The molecule has 110 valence electrons. The van der Waals surface area contributed by atoms with E-state index in [9.17, 15) is 4.79 Å². The Balaban J connectivity index is 2.21. The minimum absolute atomic E-state index is 0.0769. The van der Waals surface area contributed by atoms with E-state index in [1.807, 2.05) is 7.05 Å². The third-order valence-electron chi connectivity index (χ3n) is 4.76. The smallest absolute Gasteiger partial charge is 0.241 e. The number of hydrogen-bond acceptors (Lipinski definition) is 3. The molecule has 2 aliphatic rings. The summed E-state index contributed by atoms with van der Waals surface area (Å²) in [4.78, 5) is 17.1. The average Bonchev–Trinajstić information content (AvgIpc) is 2.56. The van der Waals surface area contributed by atoms with Gasteiger partial charge in [0.15, 0.2) is 0 Å². The van der Waals surface area contributed by atoms with Crippen LogP contribution in [-0.2, 0) is 4.79 Å². The van der Waals surface area contributed by atoms with E-state index in [-0.39, 0.29) is 17.5 Å². The van der Waals surface area contributed by atoms with Gasteiger partial charge in [-0.05, 0) is 33.7 Å². The van der Waals surface area contributed by atoms with Gasteiger partial charge in [0.05, 0.1) is 5.54 Å². The van der Waals surface area contributed by atoms with Crippen molar-refractivity contribution in [2.45, 2.75) is 70.0 Å². The largest absolute Gasteiger partial charge is 0.332 e. The Morgan fingerprint density at radius 1 is 1.21 bits per heavy atom. The molecule has 4 nitrogen and oxygen atoms in total. The number of rotatable bonds is 2. The Kier molecular flexibility index (Phi) is 4.51. The topological polar surface area (TPSA) is 49.6 Å². The predicted molar refractivity (Wildman–Crippen MR) is 77.9 cm³/mol. The highest BCUT2D eigenvalue weighted by Gasteiger charge is 2.45. The molecule has 0 bridgehead atoms. The van der Waals surface area contributed by atoms with Crippen molar-refractivity contribution in [3.8, 4) is 0 Å². The van der Waals surface area contributed by atoms with Crippen LogP contribution in [0.5, 0.6) is 0 Å². The van der Waals surface area contributed by atoms with E-state index >= 15 is 0 Å². The van der Waals surface area contributed by atoms with E-state index in [0.717, 1.165) is 19.4 Å². The van der Waals surface area contributed by atoms with Crippen molar-refractivity contribution >= 4 is 5.91 Å². The van der Waals surface area contributed by atoms with Crippen LogP contribution in [0.2, 0.25) is 0 Å². The number of carbonyl (C=O) groups excluding carboxylic acids is 1. The SMILES string of the molecule is CN1CC(C)(C)N(C2CCCCCC2)C(=O)C1CN. The van der Waals surface area contributed by atoms with Gasteiger partial charge in [-0.3, -0.25) is 9.69 Å². The summed E-state index contributed by atoms with van der Waals surface area (Å²) in [6, 6.07) is 0.295. The fourth-order valence-corrected chi connectivity index (χ4v) is 3.92. The van der Waals surface area contributed by atoms with Gasteiger partial charge < -0.3 is 10.6 Å². The number of carbonyl (C=O) groups is 1. The van der Waals surface area contributed by atoms with Crippen molar-refractivity contribution in [2.75, 3.05) is 20.1 Å². The van der Waals surface area contributed by atoms with Gasteiger partial charge in [0, 0.05) is 19.1 Å². The zero-order valence-corrected chi connectivity index (χ0v) is 12.7. The molecule has 2 N–H and O–H groups in total. The third-order valence-corrected chi connectivity index (χ3v) is 4.76. The van der Waals surface area contributed by atoms with Crippen LogP contribution in [0.1, 0.15) is 52.4 Å². The molecule has 1 saturated carbocycles. The van der Waals surface area contributed by atoms with Gasteiger partial charge in [-0.2, -0.15) is 0 Å². The monoisotopic (exact) mass is 267 g/mol. The zero-order valence-electron chi connectivity index (χ0n) is 12.7. The van der Waals surface area contributed by atoms with Gasteiger partial charge in [0.25, 0.3) is 0 Å². The van der Waals surface area contributed by atoms with Crippen LogP contribution in [-0.4, -0.2) is 53.5 Å². The second-order valence-electron chi connectivity index (χ2n) is 6.83. The van der Waals surface area contributed by atoms with Crippen molar-refractivity contribution in [1.29, 1.82) is 0 Å². The lowest BCUT2D eigenvalue weighted by molar-refractivity contribution is -0.154. The van der Waals surface area contributed by atoms with Crippen LogP contribution in [0.3, 0.4) is 0 Å². The quantitative estimate of drug-likeness (QED) is 0.773.